The van der Waals surface area contributed by atoms with E-state index >= 15 is 0 Å². The fraction of sp³-hybridized carbons (Fsp3) is 0.353. The number of nitrogens with one attached hydrogen (secondary N) is 1. The summed E-state index contributed by atoms with van der Waals surface area (Å²) in [6, 6.07) is 19.3. The quantitative estimate of drug-likeness (QED) is 0.261. The molecule has 5 rings (SSSR count). The Hall–Kier alpha value is -4.11. The highest BCUT2D eigenvalue weighted by atomic mass is 19.2. The van der Waals surface area contributed by atoms with E-state index < -0.39 is 23.2 Å². The number of nitrogens with zero attached hydrogens (tertiary/aromatic N) is 2. The number of halogens is 3. The van der Waals surface area contributed by atoms with Crippen molar-refractivity contribution in [3.63, 3.8) is 0 Å². The minimum absolute atomic E-state index is 0.00796. The summed E-state index contributed by atoms with van der Waals surface area (Å²) in [7, 11) is 1.81. The average molecular weight is 592 g/mol. The second-order valence-electron chi connectivity index (χ2n) is 11.2. The molecule has 2 aliphatic rings. The highest BCUT2D eigenvalue weighted by Gasteiger charge is 2.39. The van der Waals surface area contributed by atoms with Crippen molar-refractivity contribution in [1.29, 1.82) is 0 Å². The van der Waals surface area contributed by atoms with Gasteiger partial charge < -0.3 is 19.9 Å². The number of fused-ring (bicyclic) bond motifs is 2. The van der Waals surface area contributed by atoms with Crippen molar-refractivity contribution in [2.45, 2.75) is 44.7 Å². The van der Waals surface area contributed by atoms with Gasteiger partial charge in [0.1, 0.15) is 0 Å². The van der Waals surface area contributed by atoms with E-state index in [-0.39, 0.29) is 30.5 Å². The predicted octanol–water partition coefficient (Wildman–Crippen LogP) is 5.16. The number of likely N-dealkylation sites (N-methyl/N-ethyl adjacent to an activating group) is 1. The fourth-order valence-corrected chi connectivity index (χ4v) is 5.88. The van der Waals surface area contributed by atoms with E-state index in [0.29, 0.717) is 44.5 Å². The Morgan fingerprint density at radius 1 is 0.953 bits per heavy atom. The van der Waals surface area contributed by atoms with Gasteiger partial charge in [0.05, 0.1) is 12.6 Å². The molecular formula is C34H36F3N3O3. The van der Waals surface area contributed by atoms with Crippen LogP contribution < -0.4 is 10.1 Å². The van der Waals surface area contributed by atoms with Gasteiger partial charge in [0, 0.05) is 45.2 Å². The third kappa shape index (κ3) is 7.10. The largest absolute Gasteiger partial charge is 0.488 e. The van der Waals surface area contributed by atoms with Gasteiger partial charge in [-0.3, -0.25) is 9.59 Å². The molecule has 6 nitrogen and oxygen atoms in total. The van der Waals surface area contributed by atoms with Gasteiger partial charge in [-0.15, -0.1) is 0 Å². The van der Waals surface area contributed by atoms with Gasteiger partial charge in [0.15, 0.2) is 17.4 Å². The van der Waals surface area contributed by atoms with Crippen LogP contribution in [0.3, 0.4) is 0 Å². The molecule has 0 unspecified atom stereocenters. The van der Waals surface area contributed by atoms with Gasteiger partial charge >= 0.3 is 0 Å². The van der Waals surface area contributed by atoms with Crippen LogP contribution in [0.4, 0.5) is 13.2 Å². The van der Waals surface area contributed by atoms with Crippen molar-refractivity contribution in [2.75, 3.05) is 33.3 Å². The molecule has 9 heteroatoms. The first-order valence-corrected chi connectivity index (χ1v) is 14.6. The molecule has 0 spiro atoms. The predicted molar refractivity (Wildman–Crippen MR) is 159 cm³/mol. The summed E-state index contributed by atoms with van der Waals surface area (Å²) in [6.07, 6.45) is 2.33. The van der Waals surface area contributed by atoms with Gasteiger partial charge in [-0.2, -0.15) is 4.39 Å². The smallest absolute Gasteiger partial charge is 0.251 e. The number of carbonyl (C=O) groups excluding carboxylic acids is 2. The van der Waals surface area contributed by atoms with Crippen LogP contribution in [0.1, 0.15) is 36.5 Å². The van der Waals surface area contributed by atoms with Crippen LogP contribution in [0.2, 0.25) is 0 Å². The Balaban J connectivity index is 1.35. The number of carbonyl (C=O) groups is 2. The zero-order chi connectivity index (χ0) is 30.5. The van der Waals surface area contributed by atoms with Gasteiger partial charge in [0.25, 0.3) is 5.91 Å². The third-order valence-electron chi connectivity index (χ3n) is 8.14. The van der Waals surface area contributed by atoms with Crippen LogP contribution in [0.15, 0.2) is 72.3 Å². The third-order valence-corrected chi connectivity index (χ3v) is 8.14. The summed E-state index contributed by atoms with van der Waals surface area (Å²) < 4.78 is 46.6. The molecule has 3 aromatic carbocycles. The van der Waals surface area contributed by atoms with E-state index in [1.165, 1.54) is 0 Å². The molecule has 2 bridgehead atoms. The molecule has 226 valence electrons. The van der Waals surface area contributed by atoms with Gasteiger partial charge in [-0.1, -0.05) is 54.6 Å². The molecule has 0 saturated carbocycles. The van der Waals surface area contributed by atoms with Crippen molar-refractivity contribution >= 4 is 17.4 Å². The Labute approximate surface area is 250 Å². The maximum atomic E-state index is 14.0. The minimum atomic E-state index is -1.33. The number of benzene rings is 3. The summed E-state index contributed by atoms with van der Waals surface area (Å²) in [5.74, 6) is -4.22. The summed E-state index contributed by atoms with van der Waals surface area (Å²) in [5.41, 5.74) is 4.71. The standard InChI is InChI=1S/C34H36F3N3O3/c1-22(41)40-20-26-19-27(31(30(21-40)38-26)34(42)39(2)16-15-23-8-4-3-5-9-23)25-12-6-10-24(18-25)11-7-17-43-33-29(36)14-13-28(35)32(33)37/h3-6,8-10,12-14,18,26,30,38H,7,11,15-17,19-21H2,1-2H3/t26-,30-/m1/s1. The lowest BCUT2D eigenvalue weighted by atomic mass is 9.82. The molecule has 2 aliphatic heterocycles. The topological polar surface area (TPSA) is 61.9 Å². The molecular weight excluding hydrogens is 555 g/mol. The fourth-order valence-electron chi connectivity index (χ4n) is 5.88. The highest BCUT2D eigenvalue weighted by Crippen LogP contribution is 2.34. The first kappa shape index (κ1) is 30.4. The zero-order valence-electron chi connectivity index (χ0n) is 24.4. The SMILES string of the molecule is CC(=O)N1C[C@H]2CC(c3cccc(CCCOc4c(F)ccc(F)c4F)c3)=C(C(=O)N(C)CCc3ccccc3)[C@@H](C1)N2. The molecule has 0 aromatic heterocycles. The summed E-state index contributed by atoms with van der Waals surface area (Å²) >= 11 is 0. The van der Waals surface area contributed by atoms with Crippen LogP contribution in [-0.2, 0) is 22.4 Å². The van der Waals surface area contributed by atoms with Crippen LogP contribution >= 0.6 is 0 Å². The monoisotopic (exact) mass is 591 g/mol. The molecule has 1 saturated heterocycles. The second-order valence-corrected chi connectivity index (χ2v) is 11.2. The van der Waals surface area contributed by atoms with Crippen LogP contribution in [-0.4, -0.2) is 67.0 Å². The number of hydrogen-bond donors (Lipinski definition) is 1. The maximum Gasteiger partial charge on any atom is 0.251 e. The molecule has 2 atom stereocenters. The summed E-state index contributed by atoms with van der Waals surface area (Å²) in [6.45, 7) is 3.12. The number of aryl methyl sites for hydroxylation is 1. The van der Waals surface area contributed by atoms with E-state index in [4.69, 9.17) is 4.74 Å². The number of hydrogen-bond acceptors (Lipinski definition) is 4. The van der Waals surface area contributed by atoms with Gasteiger partial charge in [0.2, 0.25) is 11.7 Å². The molecule has 0 radical (unpaired) electrons. The second kappa shape index (κ2) is 13.5. The highest BCUT2D eigenvalue weighted by molar-refractivity contribution is 6.03. The Morgan fingerprint density at radius 2 is 1.70 bits per heavy atom. The number of piperazine rings is 1. The number of ether oxygens (including phenoxy) is 1. The van der Waals surface area contributed by atoms with E-state index in [0.717, 1.165) is 40.8 Å². The molecule has 0 aliphatic carbocycles. The average Bonchev–Trinajstić information content (AvgIpc) is 3.01. The summed E-state index contributed by atoms with van der Waals surface area (Å²) in [5, 5.41) is 3.58. The van der Waals surface area contributed by atoms with Crippen molar-refractivity contribution in [3.05, 3.63) is 106 Å². The Bertz CT molecular complexity index is 1510. The molecule has 43 heavy (non-hydrogen) atoms. The van der Waals surface area contributed by atoms with E-state index in [1.807, 2.05) is 61.6 Å². The Kier molecular flexibility index (Phi) is 9.50. The van der Waals surface area contributed by atoms with E-state index in [1.54, 1.807) is 16.7 Å². The number of rotatable bonds is 10. The molecule has 2 heterocycles. The Morgan fingerprint density at radius 3 is 2.47 bits per heavy atom. The first-order valence-electron chi connectivity index (χ1n) is 14.6. The maximum absolute atomic E-state index is 14.0. The van der Waals surface area contributed by atoms with Crippen molar-refractivity contribution in [1.82, 2.24) is 15.1 Å². The van der Waals surface area contributed by atoms with Crippen molar-refractivity contribution < 1.29 is 27.5 Å². The van der Waals surface area contributed by atoms with Gasteiger partial charge in [-0.25, -0.2) is 8.78 Å². The van der Waals surface area contributed by atoms with Crippen LogP contribution in [0.5, 0.6) is 5.75 Å². The minimum Gasteiger partial charge on any atom is -0.488 e. The first-order chi connectivity index (χ1) is 20.7. The zero-order valence-corrected chi connectivity index (χ0v) is 24.4. The van der Waals surface area contributed by atoms with Crippen molar-refractivity contribution in [3.8, 4) is 5.75 Å². The van der Waals surface area contributed by atoms with E-state index in [9.17, 15) is 22.8 Å². The van der Waals surface area contributed by atoms with Crippen LogP contribution in [0, 0.1) is 17.5 Å². The van der Waals surface area contributed by atoms with Crippen LogP contribution in [0.25, 0.3) is 5.57 Å². The molecule has 1 N–H and O–H groups in total. The lowest BCUT2D eigenvalue weighted by molar-refractivity contribution is -0.132. The molecule has 1 fully saturated rings. The molecule has 3 aromatic rings. The lowest BCUT2D eigenvalue weighted by Crippen LogP contribution is -2.61. The van der Waals surface area contributed by atoms with Crippen molar-refractivity contribution in [2.24, 2.45) is 0 Å². The summed E-state index contributed by atoms with van der Waals surface area (Å²) in [4.78, 5) is 29.9. The molecule has 2 amide bonds. The normalized spacial score (nSPS) is 18.0. The van der Waals surface area contributed by atoms with Gasteiger partial charge in [-0.05, 0) is 60.1 Å². The van der Waals surface area contributed by atoms with E-state index in [2.05, 4.69) is 5.32 Å². The number of amides is 2. The lowest BCUT2D eigenvalue weighted by Gasteiger charge is -2.44.